The Labute approximate surface area is 167 Å². The number of thiophene rings is 1. The topological polar surface area (TPSA) is 64.2 Å². The molecule has 0 unspecified atom stereocenters. The summed E-state index contributed by atoms with van der Waals surface area (Å²) in [5.74, 6) is -1.33. The normalized spacial score (nSPS) is 23.2. The summed E-state index contributed by atoms with van der Waals surface area (Å²) in [7, 11) is 0. The van der Waals surface area contributed by atoms with E-state index in [1.165, 1.54) is 9.78 Å². The Morgan fingerprint density at radius 1 is 0.963 bits per heavy atom. The Hall–Kier alpha value is -1.48. The number of imide groups is 2. The molecule has 0 radical (unpaired) electrons. The lowest BCUT2D eigenvalue weighted by Crippen LogP contribution is -2.51. The molecule has 0 bridgehead atoms. The van der Waals surface area contributed by atoms with E-state index in [-0.39, 0.29) is 12.7 Å². The van der Waals surface area contributed by atoms with Crippen molar-refractivity contribution in [3.8, 4) is 0 Å². The third kappa shape index (κ3) is 3.89. The van der Waals surface area contributed by atoms with Gasteiger partial charge in [-0.25, -0.2) is 9.69 Å². The molecule has 0 aromatic carbocycles. The molecule has 2 saturated heterocycles. The van der Waals surface area contributed by atoms with Crippen LogP contribution in [0.4, 0.5) is 4.79 Å². The first-order valence-corrected chi connectivity index (χ1v) is 10.6. The summed E-state index contributed by atoms with van der Waals surface area (Å²) < 4.78 is 0.797. The van der Waals surface area contributed by atoms with Gasteiger partial charge >= 0.3 is 17.8 Å². The van der Waals surface area contributed by atoms with Crippen molar-refractivity contribution in [2.75, 3.05) is 32.8 Å². The Morgan fingerprint density at radius 2 is 1.63 bits per heavy atom. The van der Waals surface area contributed by atoms with Gasteiger partial charge in [0.05, 0.1) is 11.0 Å². The number of carbonyl (C=O) groups is 3. The zero-order chi connectivity index (χ0) is 19.0. The standard InChI is InChI=1S/C18H23ClN4O3S/c19-15-6-5-14(27-15)11-20-7-9-21(10-8-20)12-22-16(24)17(25)23(18(22)26)13-3-1-2-4-13/h5-6,13H,1-4,7-12H2. The molecule has 4 amide bonds. The lowest BCUT2D eigenvalue weighted by Gasteiger charge is -2.35. The van der Waals surface area contributed by atoms with E-state index in [1.54, 1.807) is 11.3 Å². The molecule has 146 valence electrons. The van der Waals surface area contributed by atoms with Gasteiger partial charge in [-0.15, -0.1) is 11.3 Å². The fourth-order valence-electron chi connectivity index (χ4n) is 4.08. The van der Waals surface area contributed by atoms with Crippen LogP contribution in [0.5, 0.6) is 0 Å². The van der Waals surface area contributed by atoms with Crippen molar-refractivity contribution in [1.82, 2.24) is 19.6 Å². The molecule has 3 aliphatic rings. The Kier molecular flexibility index (Phi) is 5.50. The second kappa shape index (κ2) is 7.87. The van der Waals surface area contributed by atoms with Gasteiger partial charge in [0, 0.05) is 43.6 Å². The molecule has 0 atom stereocenters. The van der Waals surface area contributed by atoms with Crippen LogP contribution in [0.15, 0.2) is 12.1 Å². The van der Waals surface area contributed by atoms with Gasteiger partial charge in [-0.1, -0.05) is 24.4 Å². The maximum absolute atomic E-state index is 12.7. The summed E-state index contributed by atoms with van der Waals surface area (Å²) in [6.45, 7) is 4.28. The van der Waals surface area contributed by atoms with E-state index >= 15 is 0 Å². The first-order chi connectivity index (χ1) is 13.0. The summed E-state index contributed by atoms with van der Waals surface area (Å²) in [6, 6.07) is 3.42. The van der Waals surface area contributed by atoms with Gasteiger partial charge in [0.15, 0.2) is 0 Å². The molecule has 1 aromatic rings. The third-order valence-electron chi connectivity index (χ3n) is 5.59. The van der Waals surface area contributed by atoms with Crippen LogP contribution in [0.3, 0.4) is 0 Å². The first kappa shape index (κ1) is 18.9. The molecule has 1 aliphatic carbocycles. The Morgan fingerprint density at radius 3 is 2.26 bits per heavy atom. The Bertz CT molecular complexity index is 741. The van der Waals surface area contributed by atoms with Crippen LogP contribution in [0, 0.1) is 0 Å². The van der Waals surface area contributed by atoms with Crippen LogP contribution in [0.2, 0.25) is 4.34 Å². The van der Waals surface area contributed by atoms with Gasteiger partial charge in [-0.2, -0.15) is 0 Å². The molecule has 3 heterocycles. The molecule has 27 heavy (non-hydrogen) atoms. The first-order valence-electron chi connectivity index (χ1n) is 9.41. The summed E-state index contributed by atoms with van der Waals surface area (Å²) in [6.07, 6.45) is 3.63. The van der Waals surface area contributed by atoms with E-state index in [9.17, 15) is 14.4 Å². The highest BCUT2D eigenvalue weighted by atomic mass is 35.5. The fourth-order valence-corrected chi connectivity index (χ4v) is 5.21. The summed E-state index contributed by atoms with van der Waals surface area (Å²) in [5, 5.41) is 0. The number of urea groups is 1. The number of rotatable bonds is 5. The van der Waals surface area contributed by atoms with Crippen LogP contribution in [0.25, 0.3) is 0 Å². The molecule has 7 nitrogen and oxygen atoms in total. The number of nitrogens with zero attached hydrogens (tertiary/aromatic N) is 4. The molecule has 9 heteroatoms. The van der Waals surface area contributed by atoms with Crippen LogP contribution >= 0.6 is 22.9 Å². The highest BCUT2D eigenvalue weighted by Crippen LogP contribution is 2.28. The van der Waals surface area contributed by atoms with Crippen LogP contribution in [0.1, 0.15) is 30.6 Å². The predicted molar refractivity (Wildman–Crippen MR) is 102 cm³/mol. The molecule has 1 saturated carbocycles. The summed E-state index contributed by atoms with van der Waals surface area (Å²) >= 11 is 7.58. The smallest absolute Gasteiger partial charge is 0.296 e. The van der Waals surface area contributed by atoms with Crippen molar-refractivity contribution in [2.45, 2.75) is 38.3 Å². The molecule has 2 aliphatic heterocycles. The minimum absolute atomic E-state index is 0.103. The average molecular weight is 411 g/mol. The van der Waals surface area contributed by atoms with Gasteiger partial charge in [-0.05, 0) is 25.0 Å². The highest BCUT2D eigenvalue weighted by molar-refractivity contribution is 7.16. The van der Waals surface area contributed by atoms with Gasteiger partial charge in [-0.3, -0.25) is 24.3 Å². The predicted octanol–water partition coefficient (Wildman–Crippen LogP) is 2.21. The fraction of sp³-hybridized carbons (Fsp3) is 0.611. The number of carbonyl (C=O) groups excluding carboxylic acids is 3. The second-order valence-electron chi connectivity index (χ2n) is 7.37. The largest absolute Gasteiger partial charge is 0.335 e. The molecule has 4 rings (SSSR count). The molecule has 3 fully saturated rings. The van der Waals surface area contributed by atoms with Crippen molar-refractivity contribution in [3.05, 3.63) is 21.3 Å². The molecular weight excluding hydrogens is 388 g/mol. The van der Waals surface area contributed by atoms with Gasteiger partial charge in [0.2, 0.25) is 0 Å². The minimum atomic E-state index is -0.678. The third-order valence-corrected chi connectivity index (χ3v) is 6.80. The zero-order valence-corrected chi connectivity index (χ0v) is 16.7. The van der Waals surface area contributed by atoms with E-state index < -0.39 is 17.8 Å². The van der Waals surface area contributed by atoms with E-state index in [2.05, 4.69) is 9.80 Å². The number of halogens is 1. The number of hydrogen-bond acceptors (Lipinski definition) is 6. The Balaban J connectivity index is 1.31. The summed E-state index contributed by atoms with van der Waals surface area (Å²) in [5.41, 5.74) is 0. The van der Waals surface area contributed by atoms with E-state index in [0.717, 1.165) is 67.6 Å². The molecule has 1 aromatic heterocycles. The van der Waals surface area contributed by atoms with Crippen molar-refractivity contribution in [1.29, 1.82) is 0 Å². The summed E-state index contributed by atoms with van der Waals surface area (Å²) in [4.78, 5) is 45.2. The van der Waals surface area contributed by atoms with Gasteiger partial charge in [0.25, 0.3) is 0 Å². The molecule has 0 spiro atoms. The molecular formula is C18H23ClN4O3S. The monoisotopic (exact) mass is 410 g/mol. The lowest BCUT2D eigenvalue weighted by molar-refractivity contribution is -0.144. The quantitative estimate of drug-likeness (QED) is 0.550. The van der Waals surface area contributed by atoms with Crippen LogP contribution < -0.4 is 0 Å². The number of hydrogen-bond donors (Lipinski definition) is 0. The van der Waals surface area contributed by atoms with Crippen molar-refractivity contribution < 1.29 is 14.4 Å². The maximum Gasteiger partial charge on any atom is 0.335 e. The minimum Gasteiger partial charge on any atom is -0.296 e. The van der Waals surface area contributed by atoms with Crippen LogP contribution in [-0.2, 0) is 16.1 Å². The average Bonchev–Trinajstić information content (AvgIpc) is 3.36. The van der Waals surface area contributed by atoms with E-state index in [0.29, 0.717) is 0 Å². The van der Waals surface area contributed by atoms with Crippen molar-refractivity contribution in [3.63, 3.8) is 0 Å². The van der Waals surface area contributed by atoms with E-state index in [1.807, 2.05) is 12.1 Å². The van der Waals surface area contributed by atoms with Crippen molar-refractivity contribution in [2.24, 2.45) is 0 Å². The van der Waals surface area contributed by atoms with Gasteiger partial charge in [0.1, 0.15) is 0 Å². The zero-order valence-electron chi connectivity index (χ0n) is 15.1. The highest BCUT2D eigenvalue weighted by Gasteiger charge is 2.48. The SMILES string of the molecule is O=C1C(=O)N(C2CCCC2)C(=O)N1CN1CCN(Cc2ccc(Cl)s2)CC1. The lowest BCUT2D eigenvalue weighted by atomic mass is 10.2. The van der Waals surface area contributed by atoms with E-state index in [4.69, 9.17) is 11.6 Å². The van der Waals surface area contributed by atoms with Crippen LogP contribution in [-0.4, -0.2) is 76.3 Å². The molecule has 0 N–H and O–H groups in total. The van der Waals surface area contributed by atoms with Gasteiger partial charge < -0.3 is 0 Å². The van der Waals surface area contributed by atoms with Crippen molar-refractivity contribution >= 4 is 40.8 Å². The second-order valence-corrected chi connectivity index (χ2v) is 9.17. The number of piperazine rings is 1. The maximum atomic E-state index is 12.7. The number of amides is 4.